The van der Waals surface area contributed by atoms with E-state index in [1.807, 2.05) is 13.8 Å². The maximum Gasteiger partial charge on any atom is 0.308 e. The third-order valence-corrected chi connectivity index (χ3v) is 4.63. The topological polar surface area (TPSA) is 72.5 Å². The number of fused-ring (bicyclic) bond motifs is 2. The Hall–Kier alpha value is -2.95. The van der Waals surface area contributed by atoms with E-state index in [4.69, 9.17) is 4.74 Å². The second-order valence-corrected chi connectivity index (χ2v) is 6.34. The normalized spacial score (nSPS) is 13.6. The van der Waals surface area contributed by atoms with Gasteiger partial charge in [0.05, 0.1) is 11.5 Å². The van der Waals surface area contributed by atoms with Crippen molar-refractivity contribution in [2.24, 2.45) is 5.92 Å². The number of carbonyl (C=O) groups excluding carboxylic acids is 3. The number of anilines is 1. The molecule has 0 fully saturated rings. The monoisotopic (exact) mass is 351 g/mol. The van der Waals surface area contributed by atoms with Crippen LogP contribution in [-0.2, 0) is 9.53 Å². The van der Waals surface area contributed by atoms with Crippen LogP contribution in [0.5, 0.6) is 0 Å². The van der Waals surface area contributed by atoms with Gasteiger partial charge in [-0.05, 0) is 12.5 Å². The molecule has 1 aliphatic carbocycles. The van der Waals surface area contributed by atoms with E-state index in [1.165, 1.54) is 0 Å². The van der Waals surface area contributed by atoms with Crippen molar-refractivity contribution in [1.82, 2.24) is 0 Å². The molecule has 5 heteroatoms. The van der Waals surface area contributed by atoms with Gasteiger partial charge in [-0.3, -0.25) is 14.4 Å². The molecule has 2 aromatic rings. The summed E-state index contributed by atoms with van der Waals surface area (Å²) in [5.41, 5.74) is 2.21. The summed E-state index contributed by atoms with van der Waals surface area (Å²) >= 11 is 0. The van der Waals surface area contributed by atoms with Crippen molar-refractivity contribution >= 4 is 23.2 Å². The molecule has 1 unspecified atom stereocenters. The fourth-order valence-electron chi connectivity index (χ4n) is 2.94. The van der Waals surface area contributed by atoms with Crippen molar-refractivity contribution in [3.8, 4) is 0 Å². The highest BCUT2D eigenvalue weighted by atomic mass is 16.5. The Morgan fingerprint density at radius 2 is 1.65 bits per heavy atom. The molecular weight excluding hydrogens is 330 g/mol. The van der Waals surface area contributed by atoms with Crippen LogP contribution < -0.4 is 5.32 Å². The van der Waals surface area contributed by atoms with Crippen LogP contribution in [0.4, 0.5) is 5.69 Å². The second kappa shape index (κ2) is 7.52. The van der Waals surface area contributed by atoms with Gasteiger partial charge in [-0.2, -0.15) is 0 Å². The Morgan fingerprint density at radius 1 is 1.00 bits per heavy atom. The Labute approximate surface area is 152 Å². The molecule has 0 aliphatic heterocycles. The van der Waals surface area contributed by atoms with Crippen LogP contribution in [0.15, 0.2) is 42.5 Å². The number of carbonyl (C=O) groups is 3. The van der Waals surface area contributed by atoms with Gasteiger partial charge in [-0.25, -0.2) is 0 Å². The summed E-state index contributed by atoms with van der Waals surface area (Å²) in [5.74, 6) is -0.684. The molecule has 0 saturated carbocycles. The van der Waals surface area contributed by atoms with E-state index in [1.54, 1.807) is 42.5 Å². The molecule has 1 aliphatic rings. The maximum atomic E-state index is 12.9. The van der Waals surface area contributed by atoms with Crippen LogP contribution in [0, 0.1) is 5.92 Å². The molecule has 0 spiro atoms. The first kappa shape index (κ1) is 17.9. The van der Waals surface area contributed by atoms with Gasteiger partial charge in [0.2, 0.25) is 0 Å². The highest BCUT2D eigenvalue weighted by Crippen LogP contribution is 2.31. The van der Waals surface area contributed by atoms with Gasteiger partial charge in [0.25, 0.3) is 0 Å². The minimum absolute atomic E-state index is 0.129. The minimum Gasteiger partial charge on any atom is -0.464 e. The van der Waals surface area contributed by atoms with Gasteiger partial charge in [0, 0.05) is 28.9 Å². The molecule has 0 amide bonds. The zero-order chi connectivity index (χ0) is 18.7. The van der Waals surface area contributed by atoms with E-state index >= 15 is 0 Å². The molecule has 5 nitrogen and oxygen atoms in total. The Morgan fingerprint density at radius 3 is 2.35 bits per heavy atom. The Bertz CT molecular complexity index is 872. The fraction of sp³-hybridized carbons (Fsp3) is 0.286. The number of benzene rings is 2. The van der Waals surface area contributed by atoms with Crippen molar-refractivity contribution in [2.45, 2.75) is 20.3 Å². The van der Waals surface area contributed by atoms with Gasteiger partial charge < -0.3 is 10.1 Å². The van der Waals surface area contributed by atoms with Crippen molar-refractivity contribution in [3.05, 3.63) is 64.7 Å². The molecule has 0 bridgehead atoms. The third kappa shape index (κ3) is 3.25. The Kier molecular flexibility index (Phi) is 5.16. The number of esters is 1. The van der Waals surface area contributed by atoms with Crippen molar-refractivity contribution in [1.29, 1.82) is 0 Å². The van der Waals surface area contributed by atoms with Crippen LogP contribution in [0.2, 0.25) is 0 Å². The second-order valence-electron chi connectivity index (χ2n) is 6.34. The van der Waals surface area contributed by atoms with Crippen molar-refractivity contribution in [3.63, 3.8) is 0 Å². The largest absolute Gasteiger partial charge is 0.464 e. The van der Waals surface area contributed by atoms with E-state index in [-0.39, 0.29) is 30.1 Å². The maximum absolute atomic E-state index is 12.9. The summed E-state index contributed by atoms with van der Waals surface area (Å²) in [4.78, 5) is 37.3. The van der Waals surface area contributed by atoms with E-state index in [9.17, 15) is 14.4 Å². The molecule has 1 N–H and O–H groups in total. The highest BCUT2D eigenvalue weighted by molar-refractivity contribution is 6.30. The summed E-state index contributed by atoms with van der Waals surface area (Å²) in [6.45, 7) is 4.32. The van der Waals surface area contributed by atoms with Gasteiger partial charge in [0.1, 0.15) is 6.61 Å². The van der Waals surface area contributed by atoms with E-state index < -0.39 is 0 Å². The van der Waals surface area contributed by atoms with Crippen LogP contribution in [-0.4, -0.2) is 30.7 Å². The molecule has 1 atom stereocenters. The van der Waals surface area contributed by atoms with E-state index in [0.29, 0.717) is 34.5 Å². The average molecular weight is 351 g/mol. The lowest BCUT2D eigenvalue weighted by Gasteiger charge is -2.20. The van der Waals surface area contributed by atoms with Crippen LogP contribution >= 0.6 is 0 Å². The SMILES string of the molecule is CCC(C)C(=O)OCCNc1cccc2c1C(=O)c1ccccc1C2=O. The van der Waals surface area contributed by atoms with Crippen molar-refractivity contribution < 1.29 is 19.1 Å². The van der Waals surface area contributed by atoms with Crippen LogP contribution in [0.1, 0.15) is 52.1 Å². The first-order valence-corrected chi connectivity index (χ1v) is 8.76. The molecular formula is C21H21NO4. The summed E-state index contributed by atoms with van der Waals surface area (Å²) in [7, 11) is 0. The first-order valence-electron chi connectivity index (χ1n) is 8.76. The predicted octanol–water partition coefficient (Wildman–Crippen LogP) is 3.46. The minimum atomic E-state index is -0.232. The standard InChI is InChI=1S/C21H21NO4/c1-3-13(2)21(25)26-12-11-22-17-10-6-9-16-18(17)20(24)15-8-5-4-7-14(15)19(16)23/h4-10,13,22H,3,11-12H2,1-2H3. The lowest BCUT2D eigenvalue weighted by atomic mass is 9.83. The molecule has 0 saturated heterocycles. The number of ether oxygens (including phenoxy) is 1. The van der Waals surface area contributed by atoms with Gasteiger partial charge in [-0.15, -0.1) is 0 Å². The molecule has 26 heavy (non-hydrogen) atoms. The van der Waals surface area contributed by atoms with Crippen LogP contribution in [0.3, 0.4) is 0 Å². The van der Waals surface area contributed by atoms with E-state index in [2.05, 4.69) is 5.32 Å². The van der Waals surface area contributed by atoms with Gasteiger partial charge >= 0.3 is 5.97 Å². The summed E-state index contributed by atoms with van der Waals surface area (Å²) in [5, 5.41) is 3.12. The quantitative estimate of drug-likeness (QED) is 0.544. The van der Waals surface area contributed by atoms with Gasteiger partial charge in [-0.1, -0.05) is 50.2 Å². The molecule has 0 aromatic heterocycles. The van der Waals surface area contributed by atoms with Crippen LogP contribution in [0.25, 0.3) is 0 Å². The van der Waals surface area contributed by atoms with Crippen molar-refractivity contribution in [2.75, 3.05) is 18.5 Å². The third-order valence-electron chi connectivity index (χ3n) is 4.63. The van der Waals surface area contributed by atoms with E-state index in [0.717, 1.165) is 6.42 Å². The average Bonchev–Trinajstić information content (AvgIpc) is 2.68. The lowest BCUT2D eigenvalue weighted by Crippen LogP contribution is -2.23. The summed E-state index contributed by atoms with van der Waals surface area (Å²) < 4.78 is 5.21. The lowest BCUT2D eigenvalue weighted by molar-refractivity contribution is -0.147. The number of hydrogen-bond acceptors (Lipinski definition) is 5. The fourth-order valence-corrected chi connectivity index (χ4v) is 2.94. The molecule has 0 heterocycles. The molecule has 2 aromatic carbocycles. The molecule has 0 radical (unpaired) electrons. The first-order chi connectivity index (χ1) is 12.5. The smallest absolute Gasteiger partial charge is 0.308 e. The number of nitrogens with one attached hydrogen (secondary N) is 1. The number of hydrogen-bond donors (Lipinski definition) is 1. The number of ketones is 2. The summed E-state index contributed by atoms with van der Waals surface area (Å²) in [6, 6.07) is 12.0. The van der Waals surface area contributed by atoms with Gasteiger partial charge in [0.15, 0.2) is 11.6 Å². The zero-order valence-corrected chi connectivity index (χ0v) is 14.9. The summed E-state index contributed by atoms with van der Waals surface area (Å²) in [6.07, 6.45) is 0.731. The predicted molar refractivity (Wildman–Crippen MR) is 98.7 cm³/mol. The Balaban J connectivity index is 1.76. The zero-order valence-electron chi connectivity index (χ0n) is 14.9. The highest BCUT2D eigenvalue weighted by Gasteiger charge is 2.31. The molecule has 3 rings (SSSR count). The number of rotatable bonds is 6. The molecule has 134 valence electrons.